The Labute approximate surface area is 150 Å². The number of aliphatic hydroxyl groups is 2. The van der Waals surface area contributed by atoms with Gasteiger partial charge in [-0.15, -0.1) is 0 Å². The Bertz CT molecular complexity index is 732. The molecule has 132 valence electrons. The molecule has 0 aromatic heterocycles. The number of hydrogen-bond acceptors (Lipinski definition) is 2. The minimum Gasteiger partial charge on any atom is -0.389 e. The highest BCUT2D eigenvalue weighted by Gasteiger charge is 2.60. The summed E-state index contributed by atoms with van der Waals surface area (Å²) in [6.07, 6.45) is 10.3. The van der Waals surface area contributed by atoms with Crippen LogP contribution in [-0.2, 0) is 0 Å². The largest absolute Gasteiger partial charge is 0.389 e. The van der Waals surface area contributed by atoms with Crippen molar-refractivity contribution in [3.63, 3.8) is 0 Å². The first-order valence-electron chi connectivity index (χ1n) is 9.48. The fourth-order valence-electron chi connectivity index (χ4n) is 5.51. The summed E-state index contributed by atoms with van der Waals surface area (Å²) < 4.78 is 0. The minimum absolute atomic E-state index is 0.0797. The van der Waals surface area contributed by atoms with Gasteiger partial charge in [-0.25, -0.2) is 0 Å². The topological polar surface area (TPSA) is 40.5 Å². The van der Waals surface area contributed by atoms with Gasteiger partial charge in [0.05, 0.1) is 11.2 Å². The van der Waals surface area contributed by atoms with E-state index in [0.29, 0.717) is 6.42 Å². The van der Waals surface area contributed by atoms with E-state index in [2.05, 4.69) is 43.9 Å². The minimum atomic E-state index is -0.985. The van der Waals surface area contributed by atoms with E-state index < -0.39 is 11.2 Å². The summed E-state index contributed by atoms with van der Waals surface area (Å²) in [6, 6.07) is 10.2. The molecule has 2 fully saturated rings. The SMILES string of the molecule is C=C1C[C@H]2C=CCC[C@]2(O)[C@@H]2C[C@H](C)/C(=C/c3ccccc3)[C@@]2(O)C1. The zero-order valence-corrected chi connectivity index (χ0v) is 15.0. The monoisotopic (exact) mass is 336 g/mol. The second kappa shape index (κ2) is 5.96. The molecule has 1 aromatic rings. The number of benzene rings is 1. The lowest BCUT2D eigenvalue weighted by Gasteiger charge is -2.45. The Morgan fingerprint density at radius 1 is 1.20 bits per heavy atom. The third-order valence-electron chi connectivity index (χ3n) is 6.67. The first-order valence-corrected chi connectivity index (χ1v) is 9.48. The van der Waals surface area contributed by atoms with Crippen molar-refractivity contribution < 1.29 is 10.2 Å². The first kappa shape index (κ1) is 16.8. The van der Waals surface area contributed by atoms with Crippen molar-refractivity contribution in [3.05, 3.63) is 65.8 Å². The molecule has 0 radical (unpaired) electrons. The van der Waals surface area contributed by atoms with Crippen molar-refractivity contribution in [2.45, 2.75) is 50.2 Å². The van der Waals surface area contributed by atoms with E-state index in [4.69, 9.17) is 0 Å². The molecule has 5 atom stereocenters. The predicted molar refractivity (Wildman–Crippen MR) is 102 cm³/mol. The summed E-state index contributed by atoms with van der Waals surface area (Å²) in [5.41, 5.74) is 1.41. The third-order valence-corrected chi connectivity index (χ3v) is 6.67. The van der Waals surface area contributed by atoms with Gasteiger partial charge in [0.15, 0.2) is 0 Å². The quantitative estimate of drug-likeness (QED) is 0.741. The Morgan fingerprint density at radius 2 is 1.96 bits per heavy atom. The van der Waals surface area contributed by atoms with Gasteiger partial charge in [-0.05, 0) is 42.7 Å². The van der Waals surface area contributed by atoms with Crippen molar-refractivity contribution in [1.29, 1.82) is 0 Å². The average molecular weight is 336 g/mol. The lowest BCUT2D eigenvalue weighted by atomic mass is 9.67. The summed E-state index contributed by atoms with van der Waals surface area (Å²) in [5, 5.41) is 23.5. The van der Waals surface area contributed by atoms with Crippen molar-refractivity contribution in [1.82, 2.24) is 0 Å². The van der Waals surface area contributed by atoms with Crippen LogP contribution in [-0.4, -0.2) is 21.4 Å². The van der Waals surface area contributed by atoms with Gasteiger partial charge in [-0.3, -0.25) is 0 Å². The van der Waals surface area contributed by atoms with Gasteiger partial charge in [0, 0.05) is 18.3 Å². The molecule has 3 aliphatic rings. The van der Waals surface area contributed by atoms with Crippen LogP contribution in [0, 0.1) is 17.8 Å². The highest BCUT2D eigenvalue weighted by Crippen LogP contribution is 2.58. The Morgan fingerprint density at radius 3 is 2.72 bits per heavy atom. The summed E-state index contributed by atoms with van der Waals surface area (Å²) in [7, 11) is 0. The summed E-state index contributed by atoms with van der Waals surface area (Å²) in [4.78, 5) is 0. The van der Waals surface area contributed by atoms with Crippen LogP contribution < -0.4 is 0 Å². The van der Waals surface area contributed by atoms with Crippen LogP contribution in [0.15, 0.2) is 60.2 Å². The molecule has 0 aliphatic heterocycles. The molecule has 0 unspecified atom stereocenters. The highest BCUT2D eigenvalue weighted by molar-refractivity contribution is 5.58. The van der Waals surface area contributed by atoms with Crippen molar-refractivity contribution in [3.8, 4) is 0 Å². The van der Waals surface area contributed by atoms with Gasteiger partial charge in [0.2, 0.25) is 0 Å². The fourth-order valence-corrected chi connectivity index (χ4v) is 5.51. The van der Waals surface area contributed by atoms with Crippen LogP contribution in [0.3, 0.4) is 0 Å². The first-order chi connectivity index (χ1) is 11.9. The van der Waals surface area contributed by atoms with Gasteiger partial charge in [-0.1, -0.05) is 67.6 Å². The molecule has 2 heteroatoms. The number of hydrogen-bond donors (Lipinski definition) is 2. The summed E-state index contributed by atoms with van der Waals surface area (Å²) in [6.45, 7) is 6.42. The predicted octanol–water partition coefficient (Wildman–Crippen LogP) is 4.50. The van der Waals surface area contributed by atoms with Crippen LogP contribution in [0.25, 0.3) is 6.08 Å². The Kier molecular flexibility index (Phi) is 4.01. The van der Waals surface area contributed by atoms with Crippen LogP contribution in [0.2, 0.25) is 0 Å². The highest BCUT2D eigenvalue weighted by atomic mass is 16.3. The maximum absolute atomic E-state index is 11.8. The molecule has 0 amide bonds. The molecule has 0 heterocycles. The molecule has 0 spiro atoms. The lowest BCUT2D eigenvalue weighted by Crippen LogP contribution is -2.52. The van der Waals surface area contributed by atoms with E-state index in [1.54, 1.807) is 0 Å². The van der Waals surface area contributed by atoms with Gasteiger partial charge < -0.3 is 10.2 Å². The van der Waals surface area contributed by atoms with E-state index >= 15 is 0 Å². The molecular formula is C23H28O2. The fraction of sp³-hybridized carbons (Fsp3) is 0.478. The van der Waals surface area contributed by atoms with E-state index in [9.17, 15) is 10.2 Å². The van der Waals surface area contributed by atoms with Crippen LogP contribution in [0.4, 0.5) is 0 Å². The van der Waals surface area contributed by atoms with Crippen LogP contribution in [0.1, 0.15) is 44.6 Å². The van der Waals surface area contributed by atoms with Gasteiger partial charge >= 0.3 is 0 Å². The average Bonchev–Trinajstić information content (AvgIpc) is 2.78. The summed E-state index contributed by atoms with van der Waals surface area (Å²) in [5.74, 6) is 0.215. The molecular weight excluding hydrogens is 308 g/mol. The van der Waals surface area contributed by atoms with Gasteiger partial charge in [-0.2, -0.15) is 0 Å². The van der Waals surface area contributed by atoms with Crippen LogP contribution in [0.5, 0.6) is 0 Å². The second-order valence-electron chi connectivity index (χ2n) is 8.32. The van der Waals surface area contributed by atoms with E-state index in [1.165, 1.54) is 0 Å². The maximum atomic E-state index is 11.8. The lowest BCUT2D eigenvalue weighted by molar-refractivity contribution is -0.117. The summed E-state index contributed by atoms with van der Waals surface area (Å²) >= 11 is 0. The molecule has 2 N–H and O–H groups in total. The van der Waals surface area contributed by atoms with E-state index in [-0.39, 0.29) is 17.8 Å². The molecule has 2 nitrogen and oxygen atoms in total. The van der Waals surface area contributed by atoms with Gasteiger partial charge in [0.1, 0.15) is 0 Å². The number of fused-ring (bicyclic) bond motifs is 3. The normalized spacial score (nSPS) is 42.1. The molecule has 0 saturated heterocycles. The Balaban J connectivity index is 1.82. The molecule has 4 rings (SSSR count). The molecule has 0 bridgehead atoms. The van der Waals surface area contributed by atoms with Crippen LogP contribution >= 0.6 is 0 Å². The standard InChI is InChI=1S/C23H28O2/c1-16-12-19-10-6-7-11-22(19,24)21-13-17(2)20(23(21,25)15-16)14-18-8-4-3-5-9-18/h3-6,8-10,14,17,19,21,24-25H,1,7,11-13,15H2,2H3/b20-14-/t17-,19+,21-,22+,23-/m0/s1. The number of rotatable bonds is 1. The zero-order chi connectivity index (χ0) is 17.7. The van der Waals surface area contributed by atoms with Gasteiger partial charge in [0.25, 0.3) is 0 Å². The van der Waals surface area contributed by atoms with E-state index in [0.717, 1.165) is 42.4 Å². The number of allylic oxidation sites excluding steroid dienone is 1. The Hall–Kier alpha value is -1.64. The zero-order valence-electron chi connectivity index (χ0n) is 15.0. The maximum Gasteiger partial charge on any atom is 0.0955 e. The molecule has 25 heavy (non-hydrogen) atoms. The van der Waals surface area contributed by atoms with Crippen molar-refractivity contribution in [2.75, 3.05) is 0 Å². The van der Waals surface area contributed by atoms with Crippen molar-refractivity contribution >= 4 is 6.08 Å². The smallest absolute Gasteiger partial charge is 0.0955 e. The molecule has 2 saturated carbocycles. The molecule has 1 aromatic carbocycles. The third kappa shape index (κ3) is 2.63. The molecule has 3 aliphatic carbocycles. The van der Waals surface area contributed by atoms with E-state index in [1.807, 2.05) is 18.2 Å². The second-order valence-corrected chi connectivity index (χ2v) is 8.32. The van der Waals surface area contributed by atoms with Crippen molar-refractivity contribution in [2.24, 2.45) is 17.8 Å².